The molecule has 104 valence electrons. The molecule has 20 heavy (non-hydrogen) atoms. The fourth-order valence-corrected chi connectivity index (χ4v) is 2.06. The van der Waals surface area contributed by atoms with Crippen LogP contribution in [0.25, 0.3) is 0 Å². The van der Waals surface area contributed by atoms with Crippen LogP contribution in [0.2, 0.25) is 0 Å². The van der Waals surface area contributed by atoms with Crippen LogP contribution in [0.4, 0.5) is 0 Å². The van der Waals surface area contributed by atoms with E-state index in [2.05, 4.69) is 0 Å². The fourth-order valence-electron chi connectivity index (χ4n) is 2.06. The van der Waals surface area contributed by atoms with Gasteiger partial charge in [-0.25, -0.2) is 4.79 Å². The smallest absolute Gasteiger partial charge is 0.339 e. The quantitative estimate of drug-likeness (QED) is 0.645. The van der Waals surface area contributed by atoms with Crippen molar-refractivity contribution in [2.24, 2.45) is 0 Å². The van der Waals surface area contributed by atoms with Crippen molar-refractivity contribution in [3.63, 3.8) is 0 Å². The molecule has 0 saturated heterocycles. The van der Waals surface area contributed by atoms with Gasteiger partial charge in [-0.1, -0.05) is 13.0 Å². The van der Waals surface area contributed by atoms with Gasteiger partial charge in [0.15, 0.2) is 0 Å². The summed E-state index contributed by atoms with van der Waals surface area (Å²) in [4.78, 5) is 11.0. The number of rotatable bonds is 3. The normalized spacial score (nSPS) is 12.1. The summed E-state index contributed by atoms with van der Waals surface area (Å²) in [6.45, 7) is 1.77. The van der Waals surface area contributed by atoms with Crippen LogP contribution >= 0.6 is 0 Å². The van der Waals surface area contributed by atoms with Gasteiger partial charge in [-0.3, -0.25) is 0 Å². The number of carboxylic acid groups (broad SMARTS) is 1. The highest BCUT2D eigenvalue weighted by atomic mass is 16.4. The zero-order chi connectivity index (χ0) is 14.9. The molecule has 0 bridgehead atoms. The lowest BCUT2D eigenvalue weighted by Gasteiger charge is -2.15. The van der Waals surface area contributed by atoms with Gasteiger partial charge >= 0.3 is 5.97 Å². The fraction of sp³-hybridized carbons (Fsp3) is 0.133. The van der Waals surface area contributed by atoms with Crippen LogP contribution in [0.1, 0.15) is 34.3 Å². The van der Waals surface area contributed by atoms with Gasteiger partial charge in [-0.15, -0.1) is 0 Å². The van der Waals surface area contributed by atoms with Crippen molar-refractivity contribution in [2.75, 3.05) is 0 Å². The Balaban J connectivity index is 2.48. The van der Waals surface area contributed by atoms with E-state index in [1.54, 1.807) is 13.0 Å². The number of aromatic hydroxyl groups is 3. The van der Waals surface area contributed by atoms with Gasteiger partial charge in [0, 0.05) is 11.5 Å². The number of aromatic carboxylic acids is 1. The summed E-state index contributed by atoms with van der Waals surface area (Å²) in [7, 11) is 0. The van der Waals surface area contributed by atoms with E-state index >= 15 is 0 Å². The van der Waals surface area contributed by atoms with Crippen LogP contribution < -0.4 is 0 Å². The van der Waals surface area contributed by atoms with Crippen molar-refractivity contribution in [2.45, 2.75) is 12.8 Å². The maximum atomic E-state index is 11.0. The Morgan fingerprint density at radius 2 is 1.65 bits per heavy atom. The number of phenolic OH excluding ortho intramolecular Hbond substituents is 2. The van der Waals surface area contributed by atoms with E-state index in [0.717, 1.165) is 0 Å². The first kappa shape index (κ1) is 13.7. The minimum Gasteiger partial charge on any atom is -0.508 e. The van der Waals surface area contributed by atoms with Gasteiger partial charge in [-0.2, -0.15) is 0 Å². The Labute approximate surface area is 115 Å². The second-order valence-electron chi connectivity index (χ2n) is 4.55. The zero-order valence-corrected chi connectivity index (χ0v) is 10.7. The SMILES string of the molecule is CC(c1ccc(O)c(C(=O)O)c1)c1cc(O)ccc1O. The van der Waals surface area contributed by atoms with E-state index < -0.39 is 5.97 Å². The third-order valence-corrected chi connectivity index (χ3v) is 3.23. The molecule has 2 aromatic carbocycles. The molecule has 0 spiro atoms. The van der Waals surface area contributed by atoms with Gasteiger partial charge in [0.25, 0.3) is 0 Å². The molecule has 5 nitrogen and oxygen atoms in total. The topological polar surface area (TPSA) is 98.0 Å². The van der Waals surface area contributed by atoms with Crippen LogP contribution in [0.5, 0.6) is 17.2 Å². The molecule has 0 radical (unpaired) electrons. The van der Waals surface area contributed by atoms with Crippen molar-refractivity contribution < 1.29 is 25.2 Å². The largest absolute Gasteiger partial charge is 0.508 e. The molecule has 1 unspecified atom stereocenters. The van der Waals surface area contributed by atoms with E-state index in [0.29, 0.717) is 11.1 Å². The highest BCUT2D eigenvalue weighted by Crippen LogP contribution is 2.34. The number of carboxylic acids is 1. The zero-order valence-electron chi connectivity index (χ0n) is 10.7. The maximum Gasteiger partial charge on any atom is 0.339 e. The van der Waals surface area contributed by atoms with Gasteiger partial charge in [-0.05, 0) is 35.9 Å². The predicted molar refractivity (Wildman–Crippen MR) is 72.4 cm³/mol. The molecule has 0 aliphatic carbocycles. The lowest BCUT2D eigenvalue weighted by molar-refractivity contribution is 0.0693. The third kappa shape index (κ3) is 2.51. The number of carbonyl (C=O) groups is 1. The summed E-state index contributed by atoms with van der Waals surface area (Å²) < 4.78 is 0. The molecule has 0 aromatic heterocycles. The molecule has 0 aliphatic heterocycles. The highest BCUT2D eigenvalue weighted by molar-refractivity contribution is 5.91. The summed E-state index contributed by atoms with van der Waals surface area (Å²) in [5, 5.41) is 37.8. The molecule has 0 amide bonds. The van der Waals surface area contributed by atoms with E-state index in [9.17, 15) is 20.1 Å². The summed E-state index contributed by atoms with van der Waals surface area (Å²) in [6.07, 6.45) is 0. The van der Waals surface area contributed by atoms with Gasteiger partial charge in [0.1, 0.15) is 22.8 Å². The summed E-state index contributed by atoms with van der Waals surface area (Å²) in [5.74, 6) is -1.84. The highest BCUT2D eigenvalue weighted by Gasteiger charge is 2.17. The molecule has 4 N–H and O–H groups in total. The summed E-state index contributed by atoms with van der Waals surface area (Å²) >= 11 is 0. The molecule has 0 saturated carbocycles. The predicted octanol–water partition coefficient (Wildman–Crippen LogP) is 2.65. The Hall–Kier alpha value is -2.69. The van der Waals surface area contributed by atoms with E-state index in [-0.39, 0.29) is 28.7 Å². The average Bonchev–Trinajstić information content (AvgIpc) is 2.41. The van der Waals surface area contributed by atoms with Crippen molar-refractivity contribution in [1.82, 2.24) is 0 Å². The number of phenols is 3. The van der Waals surface area contributed by atoms with Crippen LogP contribution in [0, 0.1) is 0 Å². The first-order chi connectivity index (χ1) is 9.40. The van der Waals surface area contributed by atoms with Crippen LogP contribution in [-0.4, -0.2) is 26.4 Å². The second kappa shape index (κ2) is 5.13. The van der Waals surface area contributed by atoms with Gasteiger partial charge < -0.3 is 20.4 Å². The van der Waals surface area contributed by atoms with Crippen LogP contribution in [-0.2, 0) is 0 Å². The molecule has 2 rings (SSSR count). The van der Waals surface area contributed by atoms with E-state index in [1.165, 1.54) is 30.3 Å². The maximum absolute atomic E-state index is 11.0. The molecule has 5 heteroatoms. The van der Waals surface area contributed by atoms with Crippen molar-refractivity contribution in [1.29, 1.82) is 0 Å². The second-order valence-corrected chi connectivity index (χ2v) is 4.55. The van der Waals surface area contributed by atoms with Gasteiger partial charge in [0.05, 0.1) is 0 Å². The van der Waals surface area contributed by atoms with Crippen LogP contribution in [0.15, 0.2) is 36.4 Å². The standard InChI is InChI=1S/C15H14O5/c1-8(11-7-10(16)3-5-13(11)17)9-2-4-14(18)12(6-9)15(19)20/h2-8,16-18H,1H3,(H,19,20). The van der Waals surface area contributed by atoms with Crippen molar-refractivity contribution in [3.8, 4) is 17.2 Å². The monoisotopic (exact) mass is 274 g/mol. The molecular weight excluding hydrogens is 260 g/mol. The van der Waals surface area contributed by atoms with Crippen molar-refractivity contribution in [3.05, 3.63) is 53.1 Å². The Morgan fingerprint density at radius 1 is 1.00 bits per heavy atom. The molecular formula is C15H14O5. The minimum atomic E-state index is -1.23. The Bertz CT molecular complexity index is 663. The molecule has 0 heterocycles. The average molecular weight is 274 g/mol. The van der Waals surface area contributed by atoms with Crippen LogP contribution in [0.3, 0.4) is 0 Å². The lowest BCUT2D eigenvalue weighted by atomic mass is 9.91. The Kier molecular flexibility index (Phi) is 3.52. The first-order valence-electron chi connectivity index (χ1n) is 5.98. The minimum absolute atomic E-state index is 0.0141. The molecule has 0 fully saturated rings. The van der Waals surface area contributed by atoms with E-state index in [4.69, 9.17) is 5.11 Å². The van der Waals surface area contributed by atoms with Crippen molar-refractivity contribution >= 4 is 5.97 Å². The summed E-state index contributed by atoms with van der Waals surface area (Å²) in [6, 6.07) is 8.40. The number of hydrogen-bond acceptors (Lipinski definition) is 4. The molecule has 2 aromatic rings. The first-order valence-corrected chi connectivity index (χ1v) is 5.98. The number of hydrogen-bond donors (Lipinski definition) is 4. The Morgan fingerprint density at radius 3 is 2.30 bits per heavy atom. The summed E-state index contributed by atoms with van der Waals surface area (Å²) in [5.41, 5.74) is 0.891. The van der Waals surface area contributed by atoms with Gasteiger partial charge in [0.2, 0.25) is 0 Å². The molecule has 1 atom stereocenters. The lowest BCUT2D eigenvalue weighted by Crippen LogP contribution is -2.02. The van der Waals surface area contributed by atoms with E-state index in [1.807, 2.05) is 0 Å². The third-order valence-electron chi connectivity index (χ3n) is 3.23. The number of benzene rings is 2. The molecule has 0 aliphatic rings.